The molecule has 1 fully saturated rings. The molecule has 0 saturated heterocycles. The van der Waals surface area contributed by atoms with Gasteiger partial charge in [-0.2, -0.15) is 4.98 Å². The van der Waals surface area contributed by atoms with Gasteiger partial charge in [0.2, 0.25) is 11.8 Å². The molecule has 19 heavy (non-hydrogen) atoms. The van der Waals surface area contributed by atoms with Gasteiger partial charge in [0.25, 0.3) is 0 Å². The lowest BCUT2D eigenvalue weighted by Gasteiger charge is -2.16. The molecular weight excluding hydrogens is 246 g/mol. The number of anilines is 2. The molecule has 2 rings (SSSR count). The van der Waals surface area contributed by atoms with Crippen molar-refractivity contribution in [3.63, 3.8) is 0 Å². The molecule has 1 saturated carbocycles. The van der Waals surface area contributed by atoms with Gasteiger partial charge in [-0.1, -0.05) is 19.8 Å². The fourth-order valence-electron chi connectivity index (χ4n) is 2.68. The SMILES string of the molecule is Cc1nc(N)nc(NCC2CCCC2C)c1[N+](=O)[O-]. The van der Waals surface area contributed by atoms with Crippen LogP contribution in [-0.4, -0.2) is 21.4 Å². The zero-order chi connectivity index (χ0) is 14.0. The summed E-state index contributed by atoms with van der Waals surface area (Å²) in [4.78, 5) is 18.4. The first kappa shape index (κ1) is 13.5. The molecule has 104 valence electrons. The minimum Gasteiger partial charge on any atom is -0.368 e. The van der Waals surface area contributed by atoms with Crippen LogP contribution in [-0.2, 0) is 0 Å². The maximum atomic E-state index is 11.1. The summed E-state index contributed by atoms with van der Waals surface area (Å²) >= 11 is 0. The van der Waals surface area contributed by atoms with Crippen LogP contribution < -0.4 is 11.1 Å². The Morgan fingerprint density at radius 1 is 1.47 bits per heavy atom. The number of aryl methyl sites for hydroxylation is 1. The largest absolute Gasteiger partial charge is 0.368 e. The third kappa shape index (κ3) is 2.91. The van der Waals surface area contributed by atoms with Gasteiger partial charge in [-0.25, -0.2) is 4.98 Å². The second-order valence-electron chi connectivity index (χ2n) is 5.17. The van der Waals surface area contributed by atoms with Gasteiger partial charge < -0.3 is 11.1 Å². The Morgan fingerprint density at radius 2 is 2.21 bits per heavy atom. The molecule has 0 bridgehead atoms. The summed E-state index contributed by atoms with van der Waals surface area (Å²) in [6.45, 7) is 4.48. The van der Waals surface area contributed by atoms with Crippen molar-refractivity contribution in [2.24, 2.45) is 11.8 Å². The highest BCUT2D eigenvalue weighted by atomic mass is 16.6. The zero-order valence-corrected chi connectivity index (χ0v) is 11.2. The molecule has 3 N–H and O–H groups in total. The minimum atomic E-state index is -0.463. The number of nitrogens with two attached hydrogens (primary N) is 1. The van der Waals surface area contributed by atoms with Crippen LogP contribution in [0.3, 0.4) is 0 Å². The fourth-order valence-corrected chi connectivity index (χ4v) is 2.68. The Morgan fingerprint density at radius 3 is 2.79 bits per heavy atom. The molecule has 2 unspecified atom stereocenters. The van der Waals surface area contributed by atoms with Crippen LogP contribution in [0.1, 0.15) is 31.9 Å². The molecule has 7 nitrogen and oxygen atoms in total. The van der Waals surface area contributed by atoms with Gasteiger partial charge in [0.1, 0.15) is 5.69 Å². The molecule has 0 amide bonds. The van der Waals surface area contributed by atoms with Gasteiger partial charge in [0, 0.05) is 6.54 Å². The number of rotatable bonds is 4. The number of nitrogen functional groups attached to an aromatic ring is 1. The Bertz CT molecular complexity index is 491. The third-order valence-corrected chi connectivity index (χ3v) is 3.83. The van der Waals surface area contributed by atoms with E-state index in [2.05, 4.69) is 22.2 Å². The predicted molar refractivity (Wildman–Crippen MR) is 72.8 cm³/mol. The Hall–Kier alpha value is -1.92. The summed E-state index contributed by atoms with van der Waals surface area (Å²) in [5.41, 5.74) is 5.76. The number of hydrogen-bond acceptors (Lipinski definition) is 6. The van der Waals surface area contributed by atoms with Gasteiger partial charge >= 0.3 is 5.69 Å². The first-order valence-corrected chi connectivity index (χ1v) is 6.51. The van der Waals surface area contributed by atoms with Gasteiger partial charge in [0.05, 0.1) is 4.92 Å². The second kappa shape index (κ2) is 5.38. The summed E-state index contributed by atoms with van der Waals surface area (Å²) in [6.07, 6.45) is 3.60. The highest BCUT2D eigenvalue weighted by Gasteiger charge is 2.26. The lowest BCUT2D eigenvalue weighted by molar-refractivity contribution is -0.385. The third-order valence-electron chi connectivity index (χ3n) is 3.83. The van der Waals surface area contributed by atoms with Gasteiger partial charge in [0.15, 0.2) is 0 Å². The van der Waals surface area contributed by atoms with Crippen molar-refractivity contribution in [1.29, 1.82) is 0 Å². The number of nitrogens with zero attached hydrogens (tertiary/aromatic N) is 3. The lowest BCUT2D eigenvalue weighted by Crippen LogP contribution is -2.18. The van der Waals surface area contributed by atoms with E-state index in [1.165, 1.54) is 12.8 Å². The molecule has 1 aliphatic carbocycles. The van der Waals surface area contributed by atoms with Crippen molar-refractivity contribution in [3.05, 3.63) is 15.8 Å². The summed E-state index contributed by atoms with van der Waals surface area (Å²) in [5.74, 6) is 1.47. The van der Waals surface area contributed by atoms with Crippen molar-refractivity contribution in [1.82, 2.24) is 9.97 Å². The monoisotopic (exact) mass is 265 g/mol. The van der Waals surface area contributed by atoms with Crippen LogP contribution in [0.25, 0.3) is 0 Å². The zero-order valence-electron chi connectivity index (χ0n) is 11.2. The second-order valence-corrected chi connectivity index (χ2v) is 5.17. The van der Waals surface area contributed by atoms with E-state index in [1.807, 2.05) is 0 Å². The summed E-state index contributed by atoms with van der Waals surface area (Å²) < 4.78 is 0. The quantitative estimate of drug-likeness (QED) is 0.637. The number of hydrogen-bond donors (Lipinski definition) is 2. The van der Waals surface area contributed by atoms with Crippen LogP contribution in [0.15, 0.2) is 0 Å². The van der Waals surface area contributed by atoms with Crippen molar-refractivity contribution in [2.75, 3.05) is 17.6 Å². The maximum absolute atomic E-state index is 11.1. The van der Waals surface area contributed by atoms with Crippen molar-refractivity contribution in [3.8, 4) is 0 Å². The van der Waals surface area contributed by atoms with E-state index in [0.29, 0.717) is 24.1 Å². The van der Waals surface area contributed by atoms with Crippen LogP contribution in [0, 0.1) is 28.9 Å². The van der Waals surface area contributed by atoms with E-state index in [1.54, 1.807) is 6.92 Å². The van der Waals surface area contributed by atoms with Crippen LogP contribution >= 0.6 is 0 Å². The molecule has 2 atom stereocenters. The first-order chi connectivity index (χ1) is 8.99. The molecule has 0 spiro atoms. The molecule has 0 aromatic carbocycles. The van der Waals surface area contributed by atoms with Crippen LogP contribution in [0.5, 0.6) is 0 Å². The standard InChI is InChI=1S/C12H19N5O2/c1-7-4-3-5-9(7)6-14-11-10(17(18)19)8(2)15-12(13)16-11/h7,9H,3-6H2,1-2H3,(H3,13,14,15,16). The number of nitrogens with one attached hydrogen (secondary N) is 1. The normalized spacial score (nSPS) is 22.4. The van der Waals surface area contributed by atoms with Crippen molar-refractivity contribution < 1.29 is 4.92 Å². The molecular formula is C12H19N5O2. The van der Waals surface area contributed by atoms with E-state index in [0.717, 1.165) is 6.42 Å². The molecule has 0 aliphatic heterocycles. The average Bonchev–Trinajstić information content (AvgIpc) is 2.70. The smallest absolute Gasteiger partial charge is 0.332 e. The van der Waals surface area contributed by atoms with Crippen molar-refractivity contribution in [2.45, 2.75) is 33.1 Å². The first-order valence-electron chi connectivity index (χ1n) is 6.51. The Labute approximate surface area is 111 Å². The average molecular weight is 265 g/mol. The Balaban J connectivity index is 2.17. The number of aromatic nitrogens is 2. The van der Waals surface area contributed by atoms with E-state index >= 15 is 0 Å². The van der Waals surface area contributed by atoms with E-state index in [-0.39, 0.29) is 17.5 Å². The molecule has 1 heterocycles. The summed E-state index contributed by atoms with van der Waals surface area (Å²) in [5, 5.41) is 14.1. The molecule has 1 aromatic heterocycles. The van der Waals surface area contributed by atoms with E-state index < -0.39 is 4.92 Å². The predicted octanol–water partition coefficient (Wildman–Crippen LogP) is 2.12. The highest BCUT2D eigenvalue weighted by molar-refractivity contribution is 5.60. The molecule has 1 aliphatic rings. The minimum absolute atomic E-state index is 0.0603. The van der Waals surface area contributed by atoms with Gasteiger partial charge in [-0.05, 0) is 25.2 Å². The lowest BCUT2D eigenvalue weighted by atomic mass is 9.98. The van der Waals surface area contributed by atoms with Crippen LogP contribution in [0.2, 0.25) is 0 Å². The maximum Gasteiger partial charge on any atom is 0.332 e. The highest BCUT2D eigenvalue weighted by Crippen LogP contribution is 2.32. The van der Waals surface area contributed by atoms with Crippen LogP contribution in [0.4, 0.5) is 17.5 Å². The molecule has 1 aromatic rings. The fraction of sp³-hybridized carbons (Fsp3) is 0.667. The Kier molecular flexibility index (Phi) is 3.82. The molecule has 7 heteroatoms. The van der Waals surface area contributed by atoms with E-state index in [9.17, 15) is 10.1 Å². The number of nitro groups is 1. The van der Waals surface area contributed by atoms with E-state index in [4.69, 9.17) is 5.73 Å². The summed E-state index contributed by atoms with van der Waals surface area (Å²) in [7, 11) is 0. The topological polar surface area (TPSA) is 107 Å². The molecule has 0 radical (unpaired) electrons. The van der Waals surface area contributed by atoms with Gasteiger partial charge in [-0.3, -0.25) is 10.1 Å². The van der Waals surface area contributed by atoms with Crippen molar-refractivity contribution >= 4 is 17.5 Å². The summed E-state index contributed by atoms with van der Waals surface area (Å²) in [6, 6.07) is 0. The van der Waals surface area contributed by atoms with Gasteiger partial charge in [-0.15, -0.1) is 0 Å².